The molecule has 3 rings (SSSR count). The molecule has 0 spiro atoms. The summed E-state index contributed by atoms with van der Waals surface area (Å²) in [6.07, 6.45) is 0.984. The van der Waals surface area contributed by atoms with Gasteiger partial charge in [-0.3, -0.25) is 14.5 Å². The molecule has 1 aromatic heterocycles. The Morgan fingerprint density at radius 2 is 2.16 bits per heavy atom. The topological polar surface area (TPSA) is 84.4 Å². The summed E-state index contributed by atoms with van der Waals surface area (Å²) in [6.45, 7) is 3.13. The zero-order chi connectivity index (χ0) is 17.6. The molecule has 8 heteroatoms. The minimum absolute atomic E-state index is 0.0838. The average Bonchev–Trinajstić information content (AvgIpc) is 3.25. The summed E-state index contributed by atoms with van der Waals surface area (Å²) < 4.78 is 5.54. The molecule has 1 fully saturated rings. The molecule has 1 unspecified atom stereocenters. The molecule has 1 saturated heterocycles. The number of aromatic nitrogens is 2. The molecule has 1 N–H and O–H groups in total. The quantitative estimate of drug-likeness (QED) is 0.759. The Morgan fingerprint density at radius 1 is 1.36 bits per heavy atom. The third-order valence-electron chi connectivity index (χ3n) is 3.90. The zero-order valence-electron chi connectivity index (χ0n) is 14.0. The maximum Gasteiger partial charge on any atom is 0.229 e. The van der Waals surface area contributed by atoms with Crippen LogP contribution in [0.25, 0.3) is 0 Å². The fourth-order valence-corrected chi connectivity index (χ4v) is 3.37. The molecule has 1 atom stereocenters. The Kier molecular flexibility index (Phi) is 5.60. The van der Waals surface area contributed by atoms with Crippen LogP contribution in [-0.2, 0) is 16.0 Å². The summed E-state index contributed by atoms with van der Waals surface area (Å²) in [5.41, 5.74) is 0. The highest BCUT2D eigenvalue weighted by molar-refractivity contribution is 7.15. The highest BCUT2D eigenvalue weighted by atomic mass is 32.1. The first-order valence-corrected chi connectivity index (χ1v) is 9.07. The number of aryl methyl sites for hydroxylation is 1. The third kappa shape index (κ3) is 4.33. The summed E-state index contributed by atoms with van der Waals surface area (Å²) >= 11 is 1.40. The highest BCUT2D eigenvalue weighted by Crippen LogP contribution is 2.28. The predicted molar refractivity (Wildman–Crippen MR) is 94.7 cm³/mol. The Labute approximate surface area is 150 Å². The van der Waals surface area contributed by atoms with Gasteiger partial charge in [0, 0.05) is 13.0 Å². The fraction of sp³-hybridized carbons (Fsp3) is 0.412. The molecule has 0 bridgehead atoms. The molecule has 2 aromatic rings. The Hall–Kier alpha value is -2.48. The van der Waals surface area contributed by atoms with Gasteiger partial charge in [-0.25, -0.2) is 0 Å². The molecule has 1 aromatic carbocycles. The number of nitrogens with zero attached hydrogens (tertiary/aromatic N) is 3. The van der Waals surface area contributed by atoms with Crippen LogP contribution >= 0.6 is 11.3 Å². The van der Waals surface area contributed by atoms with Crippen molar-refractivity contribution in [3.8, 4) is 5.75 Å². The lowest BCUT2D eigenvalue weighted by Crippen LogP contribution is -2.35. The van der Waals surface area contributed by atoms with Crippen LogP contribution in [0, 0.1) is 5.92 Å². The van der Waals surface area contributed by atoms with Gasteiger partial charge in [0.1, 0.15) is 17.4 Å². The van der Waals surface area contributed by atoms with E-state index in [1.54, 1.807) is 4.90 Å². The molecule has 0 saturated carbocycles. The summed E-state index contributed by atoms with van der Waals surface area (Å²) in [5, 5.41) is 12.4. The van der Waals surface area contributed by atoms with E-state index in [0.717, 1.165) is 17.2 Å². The smallest absolute Gasteiger partial charge is 0.229 e. The summed E-state index contributed by atoms with van der Waals surface area (Å²) in [6, 6.07) is 9.43. The van der Waals surface area contributed by atoms with E-state index in [4.69, 9.17) is 4.74 Å². The number of hydrogen-bond donors (Lipinski definition) is 1. The van der Waals surface area contributed by atoms with E-state index in [9.17, 15) is 9.59 Å². The second kappa shape index (κ2) is 8.06. The molecule has 0 aliphatic carbocycles. The number of hydrogen-bond acceptors (Lipinski definition) is 6. The van der Waals surface area contributed by atoms with E-state index in [1.165, 1.54) is 11.3 Å². The molecule has 1 aliphatic heterocycles. The van der Waals surface area contributed by atoms with Crippen LogP contribution in [0.4, 0.5) is 5.13 Å². The third-order valence-corrected chi connectivity index (χ3v) is 4.99. The van der Waals surface area contributed by atoms with Crippen molar-refractivity contribution in [1.82, 2.24) is 15.5 Å². The Morgan fingerprint density at radius 3 is 2.88 bits per heavy atom. The lowest BCUT2D eigenvalue weighted by atomic mass is 10.1. The Balaban J connectivity index is 1.46. The van der Waals surface area contributed by atoms with E-state index in [0.29, 0.717) is 24.8 Å². The lowest BCUT2D eigenvalue weighted by Gasteiger charge is -2.13. The number of ether oxygens (including phenoxy) is 1. The van der Waals surface area contributed by atoms with Gasteiger partial charge >= 0.3 is 0 Å². The predicted octanol–water partition coefficient (Wildman–Crippen LogP) is 1.65. The van der Waals surface area contributed by atoms with E-state index in [2.05, 4.69) is 15.5 Å². The van der Waals surface area contributed by atoms with Crippen LogP contribution < -0.4 is 15.0 Å². The number of amides is 2. The van der Waals surface area contributed by atoms with E-state index < -0.39 is 0 Å². The van der Waals surface area contributed by atoms with Crippen molar-refractivity contribution < 1.29 is 14.3 Å². The van der Waals surface area contributed by atoms with Gasteiger partial charge in [0.05, 0.1) is 12.5 Å². The molecule has 2 amide bonds. The summed E-state index contributed by atoms with van der Waals surface area (Å²) in [7, 11) is 0. The van der Waals surface area contributed by atoms with Gasteiger partial charge in [0.2, 0.25) is 16.9 Å². The molecule has 1 aliphatic rings. The van der Waals surface area contributed by atoms with E-state index in [-0.39, 0.29) is 24.2 Å². The molecule has 0 radical (unpaired) electrons. The van der Waals surface area contributed by atoms with Gasteiger partial charge in [-0.2, -0.15) is 0 Å². The number of para-hydroxylation sites is 1. The van der Waals surface area contributed by atoms with Gasteiger partial charge in [0.25, 0.3) is 0 Å². The monoisotopic (exact) mass is 360 g/mol. The average molecular weight is 360 g/mol. The van der Waals surface area contributed by atoms with E-state index in [1.807, 2.05) is 37.3 Å². The van der Waals surface area contributed by atoms with Gasteiger partial charge in [-0.1, -0.05) is 36.5 Å². The molecule has 7 nitrogen and oxygen atoms in total. The standard InChI is InChI=1S/C17H20N4O3S/c1-2-14-19-20-17(25-14)21-11-12(10-15(21)22)16(23)18-8-9-24-13-6-4-3-5-7-13/h3-7,12H,2,8-11H2,1H3,(H,18,23). The molecular formula is C17H20N4O3S. The van der Waals surface area contributed by atoms with Gasteiger partial charge in [0.15, 0.2) is 0 Å². The second-order valence-corrected chi connectivity index (χ2v) is 6.73. The van der Waals surface area contributed by atoms with Crippen molar-refractivity contribution in [2.45, 2.75) is 19.8 Å². The van der Waals surface area contributed by atoms with Crippen LogP contribution in [0.15, 0.2) is 30.3 Å². The van der Waals surface area contributed by atoms with Gasteiger partial charge in [-0.15, -0.1) is 10.2 Å². The first-order valence-electron chi connectivity index (χ1n) is 8.25. The van der Waals surface area contributed by atoms with Crippen molar-refractivity contribution >= 4 is 28.3 Å². The lowest BCUT2D eigenvalue weighted by molar-refractivity contribution is -0.126. The number of nitrogens with one attached hydrogen (secondary N) is 1. The van der Waals surface area contributed by atoms with Crippen molar-refractivity contribution in [3.63, 3.8) is 0 Å². The maximum atomic E-state index is 12.3. The molecule has 2 heterocycles. The van der Waals surface area contributed by atoms with Gasteiger partial charge < -0.3 is 10.1 Å². The minimum Gasteiger partial charge on any atom is -0.492 e. The van der Waals surface area contributed by atoms with Crippen LogP contribution in [0.3, 0.4) is 0 Å². The molecule has 25 heavy (non-hydrogen) atoms. The molecular weight excluding hydrogens is 340 g/mol. The normalized spacial score (nSPS) is 16.9. The summed E-state index contributed by atoms with van der Waals surface area (Å²) in [5.74, 6) is 0.187. The molecule has 132 valence electrons. The SMILES string of the molecule is CCc1nnc(N2CC(C(=O)NCCOc3ccccc3)CC2=O)s1. The maximum absolute atomic E-state index is 12.3. The van der Waals surface area contributed by atoms with Crippen LogP contribution in [0.5, 0.6) is 5.75 Å². The second-order valence-electron chi connectivity index (χ2n) is 5.69. The Bertz CT molecular complexity index is 735. The van der Waals surface area contributed by atoms with Crippen molar-refractivity contribution in [1.29, 1.82) is 0 Å². The number of anilines is 1. The van der Waals surface area contributed by atoms with Crippen LogP contribution in [0.1, 0.15) is 18.4 Å². The summed E-state index contributed by atoms with van der Waals surface area (Å²) in [4.78, 5) is 26.0. The number of carbonyl (C=O) groups excluding carboxylic acids is 2. The van der Waals surface area contributed by atoms with Crippen LogP contribution in [-0.4, -0.2) is 41.7 Å². The minimum atomic E-state index is -0.363. The van der Waals surface area contributed by atoms with Crippen molar-refractivity contribution in [2.24, 2.45) is 5.92 Å². The number of benzene rings is 1. The zero-order valence-corrected chi connectivity index (χ0v) is 14.8. The number of rotatable bonds is 7. The van der Waals surface area contributed by atoms with Crippen molar-refractivity contribution in [3.05, 3.63) is 35.3 Å². The first kappa shape index (κ1) is 17.3. The van der Waals surface area contributed by atoms with Gasteiger partial charge in [-0.05, 0) is 18.6 Å². The highest BCUT2D eigenvalue weighted by Gasteiger charge is 2.36. The first-order chi connectivity index (χ1) is 12.2. The largest absolute Gasteiger partial charge is 0.492 e. The van der Waals surface area contributed by atoms with Crippen LogP contribution in [0.2, 0.25) is 0 Å². The fourth-order valence-electron chi connectivity index (χ4n) is 2.57. The van der Waals surface area contributed by atoms with E-state index >= 15 is 0 Å². The van der Waals surface area contributed by atoms with Crippen molar-refractivity contribution in [2.75, 3.05) is 24.6 Å². The number of carbonyl (C=O) groups is 2.